The van der Waals surface area contributed by atoms with E-state index in [0.717, 1.165) is 12.3 Å². The van der Waals surface area contributed by atoms with E-state index in [2.05, 4.69) is 10.3 Å². The largest absolute Gasteiger partial charge is 0.311 e. The molecule has 0 unspecified atom stereocenters. The van der Waals surface area contributed by atoms with Crippen LogP contribution in [0.1, 0.15) is 6.92 Å². The van der Waals surface area contributed by atoms with Crippen LogP contribution in [-0.2, 0) is 14.9 Å². The minimum Gasteiger partial charge on any atom is -0.311 e. The third-order valence-electron chi connectivity index (χ3n) is 1.34. The number of amides is 1. The maximum Gasteiger partial charge on any atom is 0.296 e. The van der Waals surface area contributed by atoms with Crippen LogP contribution in [0.3, 0.4) is 0 Å². The number of anilines is 1. The molecule has 15 heavy (non-hydrogen) atoms. The van der Waals surface area contributed by atoms with Crippen molar-refractivity contribution < 1.29 is 17.8 Å². The van der Waals surface area contributed by atoms with Crippen LogP contribution < -0.4 is 5.32 Å². The highest BCUT2D eigenvalue weighted by Gasteiger charge is 2.09. The fraction of sp³-hybridized carbons (Fsp3) is 0.143. The van der Waals surface area contributed by atoms with Crippen LogP contribution in [0.4, 0.5) is 5.82 Å². The lowest BCUT2D eigenvalue weighted by atomic mass is 10.4. The third-order valence-corrected chi connectivity index (χ3v) is 2.18. The molecule has 1 rings (SSSR count). The summed E-state index contributed by atoms with van der Waals surface area (Å²) in [5.74, 6) is -0.0815. The summed E-state index contributed by atoms with van der Waals surface area (Å²) in [5, 5.41) is 2.36. The van der Waals surface area contributed by atoms with Crippen LogP contribution in [0.15, 0.2) is 23.2 Å². The number of hydrogen-bond acceptors (Lipinski definition) is 4. The van der Waals surface area contributed by atoms with Crippen LogP contribution in [0, 0.1) is 0 Å². The van der Waals surface area contributed by atoms with Gasteiger partial charge in [-0.2, -0.15) is 8.42 Å². The van der Waals surface area contributed by atoms with Crippen molar-refractivity contribution in [1.82, 2.24) is 4.98 Å². The summed E-state index contributed by atoms with van der Waals surface area (Å²) in [5.41, 5.74) is 0. The second-order valence-corrected chi connectivity index (χ2v) is 3.96. The van der Waals surface area contributed by atoms with Gasteiger partial charge in [0.15, 0.2) is 0 Å². The number of aromatic nitrogens is 1. The van der Waals surface area contributed by atoms with Gasteiger partial charge in [-0.15, -0.1) is 12.4 Å². The first-order valence-corrected chi connectivity index (χ1v) is 5.05. The molecule has 0 aliphatic heterocycles. The number of carbonyl (C=O) groups is 1. The Balaban J connectivity index is 0.00000196. The maximum atomic E-state index is 10.6. The Morgan fingerprint density at radius 3 is 2.40 bits per heavy atom. The molecule has 2 N–H and O–H groups in total. The molecule has 0 fully saturated rings. The van der Waals surface area contributed by atoms with E-state index in [-0.39, 0.29) is 29.0 Å². The molecule has 6 nitrogen and oxygen atoms in total. The molecule has 84 valence electrons. The third kappa shape index (κ3) is 4.24. The molecule has 0 aliphatic rings. The van der Waals surface area contributed by atoms with Gasteiger partial charge in [0.05, 0.1) is 6.20 Å². The smallest absolute Gasteiger partial charge is 0.296 e. The quantitative estimate of drug-likeness (QED) is 0.756. The molecular formula is C7H9ClN2O4S. The first-order chi connectivity index (χ1) is 6.39. The fourth-order valence-corrected chi connectivity index (χ4v) is 1.21. The summed E-state index contributed by atoms with van der Waals surface area (Å²) in [6.07, 6.45) is 0.959. The van der Waals surface area contributed by atoms with E-state index >= 15 is 0 Å². The highest BCUT2D eigenvalue weighted by Crippen LogP contribution is 2.09. The maximum absolute atomic E-state index is 10.6. The zero-order chi connectivity index (χ0) is 10.8. The second-order valence-electron chi connectivity index (χ2n) is 2.54. The fourth-order valence-electron chi connectivity index (χ4n) is 0.787. The minimum atomic E-state index is -4.22. The normalized spacial score (nSPS) is 10.3. The molecule has 0 saturated heterocycles. The molecule has 0 atom stereocenters. The summed E-state index contributed by atoms with van der Waals surface area (Å²) in [6.45, 7) is 1.30. The van der Waals surface area contributed by atoms with E-state index < -0.39 is 10.1 Å². The number of pyridine rings is 1. The number of nitrogens with zero attached hydrogens (tertiary/aromatic N) is 1. The summed E-state index contributed by atoms with van der Waals surface area (Å²) >= 11 is 0. The molecule has 0 aromatic carbocycles. The molecule has 1 aromatic rings. The molecular weight excluding hydrogens is 244 g/mol. The first kappa shape index (κ1) is 13.8. The summed E-state index contributed by atoms with van der Waals surface area (Å²) in [4.78, 5) is 13.9. The highest BCUT2D eigenvalue weighted by molar-refractivity contribution is 7.85. The van der Waals surface area contributed by atoms with E-state index in [4.69, 9.17) is 4.55 Å². The molecule has 1 heterocycles. The minimum absolute atomic E-state index is 0. The van der Waals surface area contributed by atoms with Crippen LogP contribution in [0.5, 0.6) is 0 Å². The van der Waals surface area contributed by atoms with E-state index in [9.17, 15) is 13.2 Å². The highest BCUT2D eigenvalue weighted by atomic mass is 35.5. The van der Waals surface area contributed by atoms with Gasteiger partial charge >= 0.3 is 0 Å². The van der Waals surface area contributed by atoms with Gasteiger partial charge in [-0.05, 0) is 12.1 Å². The van der Waals surface area contributed by atoms with Crippen molar-refractivity contribution in [3.8, 4) is 0 Å². The van der Waals surface area contributed by atoms with Crippen molar-refractivity contribution in [2.24, 2.45) is 0 Å². The Hall–Kier alpha value is -1.18. The van der Waals surface area contributed by atoms with Crippen molar-refractivity contribution in [2.45, 2.75) is 11.8 Å². The van der Waals surface area contributed by atoms with Crippen LogP contribution in [-0.4, -0.2) is 23.9 Å². The molecule has 8 heteroatoms. The Bertz CT molecular complexity index is 443. The lowest BCUT2D eigenvalue weighted by molar-refractivity contribution is -0.114. The van der Waals surface area contributed by atoms with Crippen molar-refractivity contribution in [3.05, 3.63) is 18.3 Å². The summed E-state index contributed by atoms with van der Waals surface area (Å²) in [6, 6.07) is 2.43. The van der Waals surface area contributed by atoms with Gasteiger partial charge < -0.3 is 5.32 Å². The Morgan fingerprint density at radius 2 is 2.07 bits per heavy atom. The molecule has 0 saturated carbocycles. The molecule has 0 spiro atoms. The average molecular weight is 253 g/mol. The van der Waals surface area contributed by atoms with Crippen molar-refractivity contribution in [2.75, 3.05) is 5.32 Å². The number of nitrogens with one attached hydrogen (secondary N) is 1. The van der Waals surface area contributed by atoms with Gasteiger partial charge in [0.25, 0.3) is 10.1 Å². The number of hydrogen-bond donors (Lipinski definition) is 2. The zero-order valence-electron chi connectivity index (χ0n) is 7.67. The van der Waals surface area contributed by atoms with Gasteiger partial charge in [0.2, 0.25) is 5.91 Å². The van der Waals surface area contributed by atoms with E-state index in [1.54, 1.807) is 0 Å². The number of rotatable bonds is 2. The van der Waals surface area contributed by atoms with Crippen molar-refractivity contribution in [1.29, 1.82) is 0 Å². The lowest BCUT2D eigenvalue weighted by Crippen LogP contribution is -2.08. The van der Waals surface area contributed by atoms with E-state index in [1.807, 2.05) is 0 Å². The molecule has 1 amide bonds. The van der Waals surface area contributed by atoms with Gasteiger partial charge in [-0.25, -0.2) is 4.98 Å². The van der Waals surface area contributed by atoms with Gasteiger partial charge in [-0.3, -0.25) is 9.35 Å². The van der Waals surface area contributed by atoms with Crippen LogP contribution >= 0.6 is 12.4 Å². The predicted molar refractivity (Wildman–Crippen MR) is 55.6 cm³/mol. The average Bonchev–Trinajstić information content (AvgIpc) is 2.02. The number of halogens is 1. The molecule has 0 bridgehead atoms. The van der Waals surface area contributed by atoms with E-state index in [0.29, 0.717) is 0 Å². The summed E-state index contributed by atoms with van der Waals surface area (Å²) < 4.78 is 29.8. The molecule has 1 aromatic heterocycles. The zero-order valence-corrected chi connectivity index (χ0v) is 9.30. The Morgan fingerprint density at radius 1 is 1.47 bits per heavy atom. The first-order valence-electron chi connectivity index (χ1n) is 3.61. The predicted octanol–water partition coefficient (Wildman–Crippen LogP) is 0.708. The summed E-state index contributed by atoms with van der Waals surface area (Å²) in [7, 11) is -4.22. The van der Waals surface area contributed by atoms with Gasteiger partial charge in [0.1, 0.15) is 10.7 Å². The van der Waals surface area contributed by atoms with E-state index in [1.165, 1.54) is 13.0 Å². The number of carbonyl (C=O) groups excluding carboxylic acids is 1. The SMILES string of the molecule is CC(=O)Nc1ccc(S(=O)(=O)O)cn1.Cl. The standard InChI is InChI=1S/C7H8N2O4S.ClH/c1-5(10)9-7-3-2-6(4-8-7)14(11,12)13;/h2-4H,1H3,(H,8,9,10)(H,11,12,13);1H. The van der Waals surface area contributed by atoms with Crippen molar-refractivity contribution in [3.63, 3.8) is 0 Å². The van der Waals surface area contributed by atoms with Gasteiger partial charge in [0, 0.05) is 6.92 Å². The second kappa shape index (κ2) is 5.06. The van der Waals surface area contributed by atoms with Crippen LogP contribution in [0.25, 0.3) is 0 Å². The lowest BCUT2D eigenvalue weighted by Gasteiger charge is -2.00. The Kier molecular flexibility index (Phi) is 4.66. The van der Waals surface area contributed by atoms with Crippen molar-refractivity contribution >= 4 is 34.3 Å². The van der Waals surface area contributed by atoms with Gasteiger partial charge in [-0.1, -0.05) is 0 Å². The molecule has 0 radical (unpaired) electrons. The molecule has 0 aliphatic carbocycles. The topological polar surface area (TPSA) is 96.4 Å². The Labute approximate surface area is 92.9 Å². The van der Waals surface area contributed by atoms with Crippen LogP contribution in [0.2, 0.25) is 0 Å². The monoisotopic (exact) mass is 252 g/mol.